The van der Waals surface area contributed by atoms with Crippen LogP contribution in [0.5, 0.6) is 0 Å². The fraction of sp³-hybridized carbons (Fsp3) is 0.435. The van der Waals surface area contributed by atoms with Gasteiger partial charge in [-0.25, -0.2) is 15.0 Å². The third-order valence-electron chi connectivity index (χ3n) is 5.33. The fourth-order valence-corrected chi connectivity index (χ4v) is 3.87. The molecular weight excluding hydrogens is 390 g/mol. The number of likely N-dealkylation sites (tertiary alicyclic amines) is 1. The van der Waals surface area contributed by atoms with Crippen LogP contribution >= 0.6 is 0 Å². The Morgan fingerprint density at radius 2 is 2.13 bits per heavy atom. The summed E-state index contributed by atoms with van der Waals surface area (Å²) in [6.45, 7) is 7.76. The number of fused-ring (bicyclic) bond motifs is 1. The smallest absolute Gasteiger partial charge is 0.223 e. The Morgan fingerprint density at radius 1 is 1.29 bits per heavy atom. The third-order valence-corrected chi connectivity index (χ3v) is 5.33. The van der Waals surface area contributed by atoms with Crippen molar-refractivity contribution in [3.05, 3.63) is 42.4 Å². The molecule has 1 saturated heterocycles. The first-order valence-electron chi connectivity index (χ1n) is 10.6. The number of pyridine rings is 1. The number of imidazole rings is 1. The lowest BCUT2D eigenvalue weighted by molar-refractivity contribution is -0.134. The lowest BCUT2D eigenvalue weighted by atomic mass is 9.91. The van der Waals surface area contributed by atoms with Crippen molar-refractivity contribution in [2.75, 3.05) is 18.4 Å². The van der Waals surface area contributed by atoms with E-state index >= 15 is 0 Å². The summed E-state index contributed by atoms with van der Waals surface area (Å²) >= 11 is 0. The van der Waals surface area contributed by atoms with Crippen LogP contribution in [0, 0.1) is 16.7 Å². The zero-order chi connectivity index (χ0) is 22.0. The minimum Gasteiger partial charge on any atom is -0.365 e. The summed E-state index contributed by atoms with van der Waals surface area (Å²) in [6.07, 6.45) is 7.67. The number of nitriles is 1. The second kappa shape index (κ2) is 8.34. The summed E-state index contributed by atoms with van der Waals surface area (Å²) in [5.41, 5.74) is 1.99. The molecule has 31 heavy (non-hydrogen) atoms. The molecule has 3 aromatic heterocycles. The van der Waals surface area contributed by atoms with Gasteiger partial charge in [-0.05, 0) is 36.5 Å². The average molecular weight is 418 g/mol. The first kappa shape index (κ1) is 20.8. The maximum Gasteiger partial charge on any atom is 0.223 e. The normalized spacial score (nSPS) is 16.8. The van der Waals surface area contributed by atoms with E-state index in [1.54, 1.807) is 30.7 Å². The van der Waals surface area contributed by atoms with Gasteiger partial charge in [0, 0.05) is 37.9 Å². The molecule has 1 fully saturated rings. The monoisotopic (exact) mass is 417 g/mol. The number of aromatic nitrogens is 4. The summed E-state index contributed by atoms with van der Waals surface area (Å²) in [4.78, 5) is 28.1. The Morgan fingerprint density at radius 3 is 2.90 bits per heavy atom. The van der Waals surface area contributed by atoms with Crippen LogP contribution in [0.2, 0.25) is 0 Å². The molecular formula is C23H27N7O. The fourth-order valence-electron chi connectivity index (χ4n) is 3.87. The highest BCUT2D eigenvalue weighted by Crippen LogP contribution is 2.23. The second-order valence-corrected chi connectivity index (χ2v) is 9.23. The van der Waals surface area contributed by atoms with Crippen LogP contribution in [0.15, 0.2) is 36.8 Å². The molecule has 4 rings (SSSR count). The van der Waals surface area contributed by atoms with Crippen molar-refractivity contribution in [3.8, 4) is 17.6 Å². The molecule has 0 bridgehead atoms. The zero-order valence-corrected chi connectivity index (χ0v) is 18.2. The Bertz CT molecular complexity index is 1140. The molecule has 8 heteroatoms. The molecule has 1 aliphatic heterocycles. The van der Waals surface area contributed by atoms with Crippen LogP contribution in [0.3, 0.4) is 0 Å². The number of piperidine rings is 1. The number of rotatable bonds is 4. The molecule has 0 unspecified atom stereocenters. The number of hydrogen-bond acceptors (Lipinski definition) is 6. The van der Waals surface area contributed by atoms with Crippen molar-refractivity contribution in [2.24, 2.45) is 5.41 Å². The van der Waals surface area contributed by atoms with Crippen LogP contribution in [0.25, 0.3) is 17.2 Å². The van der Waals surface area contributed by atoms with Crippen LogP contribution < -0.4 is 5.32 Å². The number of carbonyl (C=O) groups excluding carboxylic acids is 1. The Hall–Kier alpha value is -3.47. The van der Waals surface area contributed by atoms with E-state index in [9.17, 15) is 10.1 Å². The molecule has 4 heterocycles. The standard InChI is InChI=1S/C23H27N7O/c1-23(2,3)11-21(31)29-10-4-5-17(15-29)27-19-8-9-25-22(28-19)18-13-26-20-7-6-16(12-24)14-30(18)20/h6-9,13-14,17H,4-5,10-11,15H2,1-3H3,(H,25,27,28)/t17-/m1/s1. The molecule has 1 aliphatic rings. The minimum absolute atomic E-state index is 0.0154. The topological polar surface area (TPSA) is 99.2 Å². The van der Waals surface area contributed by atoms with E-state index in [0.717, 1.165) is 30.7 Å². The lowest BCUT2D eigenvalue weighted by Gasteiger charge is -2.35. The van der Waals surface area contributed by atoms with E-state index in [0.29, 0.717) is 30.2 Å². The maximum absolute atomic E-state index is 12.6. The minimum atomic E-state index is -0.0154. The van der Waals surface area contributed by atoms with E-state index in [2.05, 4.69) is 47.1 Å². The van der Waals surface area contributed by atoms with Gasteiger partial charge in [-0.15, -0.1) is 0 Å². The number of anilines is 1. The predicted octanol–water partition coefficient (Wildman–Crippen LogP) is 3.50. The Kier molecular flexibility index (Phi) is 5.59. The number of amides is 1. The summed E-state index contributed by atoms with van der Waals surface area (Å²) in [5.74, 6) is 1.46. The second-order valence-electron chi connectivity index (χ2n) is 9.23. The molecule has 1 atom stereocenters. The number of carbonyl (C=O) groups is 1. The van der Waals surface area contributed by atoms with Gasteiger partial charge in [-0.1, -0.05) is 20.8 Å². The van der Waals surface area contributed by atoms with Crippen LogP contribution in [-0.2, 0) is 4.79 Å². The molecule has 160 valence electrons. The third kappa shape index (κ3) is 4.82. The summed E-state index contributed by atoms with van der Waals surface area (Å²) in [6, 6.07) is 7.67. The Labute approximate surface area is 182 Å². The lowest BCUT2D eigenvalue weighted by Crippen LogP contribution is -2.46. The average Bonchev–Trinajstić information content (AvgIpc) is 3.16. The van der Waals surface area contributed by atoms with Gasteiger partial charge in [0.25, 0.3) is 0 Å². The Balaban J connectivity index is 1.51. The summed E-state index contributed by atoms with van der Waals surface area (Å²) in [7, 11) is 0. The zero-order valence-electron chi connectivity index (χ0n) is 18.2. The van der Waals surface area contributed by atoms with Crippen LogP contribution in [0.4, 0.5) is 5.82 Å². The molecule has 8 nitrogen and oxygen atoms in total. The molecule has 0 spiro atoms. The van der Waals surface area contributed by atoms with Crippen molar-refractivity contribution in [2.45, 2.75) is 46.1 Å². The first-order chi connectivity index (χ1) is 14.8. The largest absolute Gasteiger partial charge is 0.365 e. The highest BCUT2D eigenvalue weighted by molar-refractivity contribution is 5.77. The van der Waals surface area contributed by atoms with E-state index in [4.69, 9.17) is 0 Å². The van der Waals surface area contributed by atoms with E-state index in [1.165, 1.54) is 0 Å². The maximum atomic E-state index is 12.6. The van der Waals surface area contributed by atoms with Crippen molar-refractivity contribution in [1.29, 1.82) is 5.26 Å². The number of nitrogens with one attached hydrogen (secondary N) is 1. The summed E-state index contributed by atoms with van der Waals surface area (Å²) in [5, 5.41) is 12.7. The van der Waals surface area contributed by atoms with Gasteiger partial charge >= 0.3 is 0 Å². The van der Waals surface area contributed by atoms with Gasteiger partial charge in [0.2, 0.25) is 5.91 Å². The molecule has 0 radical (unpaired) electrons. The van der Waals surface area contributed by atoms with Crippen molar-refractivity contribution >= 4 is 17.4 Å². The van der Waals surface area contributed by atoms with Crippen molar-refractivity contribution < 1.29 is 4.79 Å². The number of nitrogens with zero attached hydrogens (tertiary/aromatic N) is 6. The number of hydrogen-bond donors (Lipinski definition) is 1. The molecule has 3 aromatic rings. The van der Waals surface area contributed by atoms with Crippen molar-refractivity contribution in [3.63, 3.8) is 0 Å². The van der Waals surface area contributed by atoms with E-state index in [1.807, 2.05) is 15.4 Å². The molecule has 0 aromatic carbocycles. The van der Waals surface area contributed by atoms with E-state index in [-0.39, 0.29) is 17.4 Å². The van der Waals surface area contributed by atoms with Gasteiger partial charge in [-0.3, -0.25) is 9.20 Å². The van der Waals surface area contributed by atoms with Crippen LogP contribution in [0.1, 0.15) is 45.6 Å². The molecule has 1 amide bonds. The van der Waals surface area contributed by atoms with Gasteiger partial charge in [0.05, 0.1) is 11.8 Å². The quantitative estimate of drug-likeness (QED) is 0.697. The van der Waals surface area contributed by atoms with Gasteiger partial charge in [0.15, 0.2) is 5.82 Å². The SMILES string of the molecule is CC(C)(C)CC(=O)N1CCC[C@@H](Nc2ccnc(-c3cnc4ccc(C#N)cn34)n2)C1. The van der Waals surface area contributed by atoms with Gasteiger partial charge in [0.1, 0.15) is 23.2 Å². The van der Waals surface area contributed by atoms with Gasteiger partial charge in [-0.2, -0.15) is 5.26 Å². The molecule has 0 aliphatic carbocycles. The molecule has 1 N–H and O–H groups in total. The van der Waals surface area contributed by atoms with Crippen molar-refractivity contribution in [1.82, 2.24) is 24.3 Å². The summed E-state index contributed by atoms with van der Waals surface area (Å²) < 4.78 is 1.82. The first-order valence-corrected chi connectivity index (χ1v) is 10.6. The predicted molar refractivity (Wildman–Crippen MR) is 118 cm³/mol. The van der Waals surface area contributed by atoms with E-state index < -0.39 is 0 Å². The molecule has 0 saturated carbocycles. The highest BCUT2D eigenvalue weighted by Gasteiger charge is 2.26. The van der Waals surface area contributed by atoms with Gasteiger partial charge < -0.3 is 10.2 Å². The highest BCUT2D eigenvalue weighted by atomic mass is 16.2. The van der Waals surface area contributed by atoms with Crippen LogP contribution in [-0.4, -0.2) is 49.3 Å².